The first-order valence-corrected chi connectivity index (χ1v) is 7.22. The quantitative estimate of drug-likeness (QED) is 0.740. The summed E-state index contributed by atoms with van der Waals surface area (Å²) in [7, 11) is 0. The number of benzene rings is 2. The molecule has 2 heterocycles. The number of fused-ring (bicyclic) bond motifs is 3. The highest BCUT2D eigenvalue weighted by Crippen LogP contribution is 2.27. The van der Waals surface area contributed by atoms with Gasteiger partial charge in [-0.1, -0.05) is 30.3 Å². The van der Waals surface area contributed by atoms with Gasteiger partial charge in [0.25, 0.3) is 0 Å². The van der Waals surface area contributed by atoms with Crippen LogP contribution in [0.15, 0.2) is 53.5 Å². The molecule has 0 amide bonds. The Morgan fingerprint density at radius 2 is 1.86 bits per heavy atom. The van der Waals surface area contributed by atoms with Gasteiger partial charge in [-0.05, 0) is 35.7 Å². The summed E-state index contributed by atoms with van der Waals surface area (Å²) < 4.78 is 0. The van der Waals surface area contributed by atoms with Crippen molar-refractivity contribution in [2.24, 2.45) is 4.99 Å². The van der Waals surface area contributed by atoms with Gasteiger partial charge in [-0.15, -0.1) is 0 Å². The summed E-state index contributed by atoms with van der Waals surface area (Å²) in [5.41, 5.74) is 6.02. The molecule has 3 heteroatoms. The monoisotopic (exact) mass is 276 g/mol. The minimum atomic E-state index is 0.302. The van der Waals surface area contributed by atoms with E-state index in [9.17, 15) is 5.11 Å². The van der Waals surface area contributed by atoms with E-state index < -0.39 is 0 Å². The number of aromatic amines is 1. The smallest absolute Gasteiger partial charge is 0.115 e. The highest BCUT2D eigenvalue weighted by molar-refractivity contribution is 6.07. The lowest BCUT2D eigenvalue weighted by Crippen LogP contribution is -2.14. The van der Waals surface area contributed by atoms with E-state index in [1.807, 2.05) is 12.1 Å². The van der Waals surface area contributed by atoms with Gasteiger partial charge >= 0.3 is 0 Å². The van der Waals surface area contributed by atoms with Crippen molar-refractivity contribution in [2.45, 2.75) is 12.8 Å². The second kappa shape index (κ2) is 4.77. The molecule has 3 aromatic rings. The van der Waals surface area contributed by atoms with Gasteiger partial charge in [0, 0.05) is 23.9 Å². The average Bonchev–Trinajstić information content (AvgIpc) is 2.89. The van der Waals surface area contributed by atoms with Gasteiger partial charge < -0.3 is 10.1 Å². The molecule has 1 aliphatic heterocycles. The maximum atomic E-state index is 9.38. The molecule has 0 atom stereocenters. The number of hydrogen-bond acceptors (Lipinski definition) is 2. The first-order valence-electron chi connectivity index (χ1n) is 7.22. The number of aromatic nitrogens is 1. The molecule has 0 radical (unpaired) electrons. The number of nitrogens with zero attached hydrogens (tertiary/aromatic N) is 1. The van der Waals surface area contributed by atoms with E-state index in [0.717, 1.165) is 30.7 Å². The van der Waals surface area contributed by atoms with Crippen molar-refractivity contribution < 1.29 is 5.11 Å². The predicted molar refractivity (Wildman–Crippen MR) is 85.2 cm³/mol. The highest BCUT2D eigenvalue weighted by atomic mass is 16.3. The summed E-state index contributed by atoms with van der Waals surface area (Å²) in [5, 5.41) is 10.7. The van der Waals surface area contributed by atoms with Crippen LogP contribution in [0.5, 0.6) is 5.75 Å². The van der Waals surface area contributed by atoms with E-state index >= 15 is 0 Å². The first-order chi connectivity index (χ1) is 10.3. The second-order valence-electron chi connectivity index (χ2n) is 5.45. The van der Waals surface area contributed by atoms with Crippen molar-refractivity contribution in [2.75, 3.05) is 6.54 Å². The zero-order valence-electron chi connectivity index (χ0n) is 11.6. The van der Waals surface area contributed by atoms with Crippen molar-refractivity contribution in [3.05, 3.63) is 65.4 Å². The number of aliphatic imine (C=N–C) groups is 1. The topological polar surface area (TPSA) is 48.4 Å². The van der Waals surface area contributed by atoms with Gasteiger partial charge in [-0.2, -0.15) is 0 Å². The molecule has 1 aromatic heterocycles. The predicted octanol–water partition coefficient (Wildman–Crippen LogP) is 3.46. The second-order valence-corrected chi connectivity index (χ2v) is 5.45. The van der Waals surface area contributed by atoms with Crippen molar-refractivity contribution in [3.63, 3.8) is 0 Å². The van der Waals surface area contributed by atoms with E-state index in [1.165, 1.54) is 22.2 Å². The lowest BCUT2D eigenvalue weighted by molar-refractivity contribution is 0.475. The number of aromatic hydroxyl groups is 1. The van der Waals surface area contributed by atoms with Crippen LogP contribution in [-0.2, 0) is 12.8 Å². The normalized spacial score (nSPS) is 14.0. The number of hydrogen-bond donors (Lipinski definition) is 2. The average molecular weight is 276 g/mol. The summed E-state index contributed by atoms with van der Waals surface area (Å²) in [5.74, 6) is 0.302. The maximum Gasteiger partial charge on any atom is 0.115 e. The van der Waals surface area contributed by atoms with Gasteiger partial charge in [0.1, 0.15) is 5.75 Å². The molecule has 3 nitrogen and oxygen atoms in total. The maximum absolute atomic E-state index is 9.38. The van der Waals surface area contributed by atoms with Crippen LogP contribution in [-0.4, -0.2) is 22.3 Å². The van der Waals surface area contributed by atoms with E-state index in [1.54, 1.807) is 12.1 Å². The lowest BCUT2D eigenvalue weighted by Gasteiger charge is -2.13. The summed E-state index contributed by atoms with van der Waals surface area (Å²) >= 11 is 0. The zero-order valence-corrected chi connectivity index (χ0v) is 11.6. The number of phenolic OH excluding ortho intramolecular Hbond substituents is 1. The van der Waals surface area contributed by atoms with Gasteiger partial charge in [0.05, 0.1) is 11.4 Å². The summed E-state index contributed by atoms with van der Waals surface area (Å²) in [4.78, 5) is 8.22. The minimum absolute atomic E-state index is 0.302. The molecule has 0 aliphatic carbocycles. The molecule has 0 spiro atoms. The van der Waals surface area contributed by atoms with Crippen molar-refractivity contribution in [1.82, 2.24) is 4.98 Å². The van der Waals surface area contributed by atoms with E-state index in [0.29, 0.717) is 5.75 Å². The Labute approximate surface area is 123 Å². The highest BCUT2D eigenvalue weighted by Gasteiger charge is 2.19. The summed E-state index contributed by atoms with van der Waals surface area (Å²) in [6.07, 6.45) is 1.79. The van der Waals surface area contributed by atoms with Crippen molar-refractivity contribution >= 4 is 16.6 Å². The number of nitrogens with one attached hydrogen (secondary N) is 1. The minimum Gasteiger partial charge on any atom is -0.508 e. The van der Waals surface area contributed by atoms with Crippen LogP contribution in [0.1, 0.15) is 16.8 Å². The summed E-state index contributed by atoms with van der Waals surface area (Å²) in [6.45, 7) is 0.849. The molecule has 0 fully saturated rings. The van der Waals surface area contributed by atoms with Gasteiger partial charge in [-0.25, -0.2) is 0 Å². The van der Waals surface area contributed by atoms with Gasteiger partial charge in [-0.3, -0.25) is 4.99 Å². The fraction of sp³-hybridized carbons (Fsp3) is 0.167. The zero-order chi connectivity index (χ0) is 14.2. The molecule has 104 valence electrons. The van der Waals surface area contributed by atoms with E-state index in [2.05, 4.69) is 29.2 Å². The van der Waals surface area contributed by atoms with Crippen molar-refractivity contribution in [1.29, 1.82) is 0 Å². The van der Waals surface area contributed by atoms with Crippen LogP contribution in [0.2, 0.25) is 0 Å². The van der Waals surface area contributed by atoms with Crippen LogP contribution in [0.25, 0.3) is 10.9 Å². The third kappa shape index (κ3) is 2.11. The first kappa shape index (κ1) is 12.2. The van der Waals surface area contributed by atoms with E-state index in [-0.39, 0.29) is 0 Å². The van der Waals surface area contributed by atoms with Crippen molar-refractivity contribution in [3.8, 4) is 5.75 Å². The van der Waals surface area contributed by atoms with Gasteiger partial charge in [0.2, 0.25) is 0 Å². The lowest BCUT2D eigenvalue weighted by atomic mass is 9.98. The molecule has 0 bridgehead atoms. The molecular weight excluding hydrogens is 260 g/mol. The number of phenols is 1. The molecular formula is C18H16N2O. The molecule has 0 unspecified atom stereocenters. The van der Waals surface area contributed by atoms with Gasteiger partial charge in [0.15, 0.2) is 0 Å². The number of rotatable bonds is 2. The Bertz CT molecular complexity index is 828. The molecule has 4 rings (SSSR count). The Balaban J connectivity index is 1.75. The fourth-order valence-corrected chi connectivity index (χ4v) is 3.04. The third-order valence-electron chi connectivity index (χ3n) is 4.07. The molecule has 0 saturated carbocycles. The molecule has 1 aliphatic rings. The molecule has 2 N–H and O–H groups in total. The van der Waals surface area contributed by atoms with Crippen LogP contribution in [0.3, 0.4) is 0 Å². The number of H-pyrrole nitrogens is 1. The largest absolute Gasteiger partial charge is 0.508 e. The fourth-order valence-electron chi connectivity index (χ4n) is 3.04. The Morgan fingerprint density at radius 1 is 1.05 bits per heavy atom. The Hall–Kier alpha value is -2.55. The Kier molecular flexibility index (Phi) is 2.78. The Morgan fingerprint density at radius 3 is 2.71 bits per heavy atom. The molecule has 2 aromatic carbocycles. The summed E-state index contributed by atoms with van der Waals surface area (Å²) in [6, 6.07) is 15.8. The third-order valence-corrected chi connectivity index (χ3v) is 4.07. The van der Waals surface area contributed by atoms with Crippen LogP contribution in [0, 0.1) is 0 Å². The van der Waals surface area contributed by atoms with E-state index in [4.69, 9.17) is 4.99 Å². The SMILES string of the molecule is Oc1ccc(CC2=NCCc3c2[nH]c2ccccc32)cc1. The molecule has 21 heavy (non-hydrogen) atoms. The molecule has 0 saturated heterocycles. The number of para-hydroxylation sites is 1. The van der Waals surface area contributed by atoms with Crippen LogP contribution >= 0.6 is 0 Å². The standard InChI is InChI=1S/C18H16N2O/c21-13-7-5-12(6-8-13)11-17-18-15(9-10-19-17)14-3-1-2-4-16(14)20-18/h1-8,20-21H,9-11H2. The van der Waals surface area contributed by atoms with Crippen LogP contribution < -0.4 is 0 Å². The van der Waals surface area contributed by atoms with Crippen LogP contribution in [0.4, 0.5) is 0 Å².